The average molecular weight is 252 g/mol. The van der Waals surface area contributed by atoms with Gasteiger partial charge in [0.1, 0.15) is 0 Å². The van der Waals surface area contributed by atoms with Gasteiger partial charge in [0.2, 0.25) is 5.91 Å². The number of carbonyl (C=O) groups is 1. The maximum atomic E-state index is 11.8. The van der Waals surface area contributed by atoms with Crippen LogP contribution in [-0.4, -0.2) is 43.7 Å². The summed E-state index contributed by atoms with van der Waals surface area (Å²) >= 11 is 1.61. The van der Waals surface area contributed by atoms with Gasteiger partial charge in [0.05, 0.1) is 5.75 Å². The maximum absolute atomic E-state index is 11.8. The Balaban J connectivity index is 2.40. The van der Waals surface area contributed by atoms with Crippen molar-refractivity contribution >= 4 is 17.7 Å². The first kappa shape index (κ1) is 14.1. The molecule has 0 atom stereocenters. The van der Waals surface area contributed by atoms with E-state index in [1.54, 1.807) is 16.7 Å². The van der Waals surface area contributed by atoms with E-state index in [1.165, 1.54) is 10.5 Å². The van der Waals surface area contributed by atoms with Crippen LogP contribution in [-0.2, 0) is 4.79 Å². The van der Waals surface area contributed by atoms with Crippen molar-refractivity contribution in [1.29, 1.82) is 0 Å². The van der Waals surface area contributed by atoms with E-state index in [0.29, 0.717) is 5.75 Å². The van der Waals surface area contributed by atoms with Crippen LogP contribution in [0.2, 0.25) is 0 Å². The SMILES string of the molecule is CNCCN(C)C(=O)CSc1ccccc1C. The van der Waals surface area contributed by atoms with Crippen molar-refractivity contribution in [3.8, 4) is 0 Å². The summed E-state index contributed by atoms with van der Waals surface area (Å²) in [6, 6.07) is 8.14. The number of hydrogen-bond acceptors (Lipinski definition) is 3. The third kappa shape index (κ3) is 4.79. The van der Waals surface area contributed by atoms with Crippen molar-refractivity contribution in [2.24, 2.45) is 0 Å². The molecule has 1 N–H and O–H groups in total. The molecule has 1 rings (SSSR count). The first-order chi connectivity index (χ1) is 8.15. The number of amides is 1. The second-order valence-electron chi connectivity index (χ2n) is 3.97. The lowest BCUT2D eigenvalue weighted by molar-refractivity contribution is -0.127. The molecular formula is C13H20N2OS. The van der Waals surface area contributed by atoms with Gasteiger partial charge in [-0.3, -0.25) is 4.79 Å². The van der Waals surface area contributed by atoms with Crippen LogP contribution in [0.5, 0.6) is 0 Å². The lowest BCUT2D eigenvalue weighted by Gasteiger charge is -2.16. The summed E-state index contributed by atoms with van der Waals surface area (Å²) in [4.78, 5) is 14.8. The minimum atomic E-state index is 0.175. The van der Waals surface area contributed by atoms with Gasteiger partial charge in [-0.25, -0.2) is 0 Å². The highest BCUT2D eigenvalue weighted by Crippen LogP contribution is 2.21. The normalized spacial score (nSPS) is 10.3. The molecule has 0 unspecified atom stereocenters. The fourth-order valence-corrected chi connectivity index (χ4v) is 2.34. The number of carbonyl (C=O) groups excluding carboxylic acids is 1. The Bertz CT molecular complexity index is 368. The van der Waals surface area contributed by atoms with E-state index < -0.39 is 0 Å². The molecule has 0 aromatic heterocycles. The minimum Gasteiger partial charge on any atom is -0.344 e. The van der Waals surface area contributed by atoms with E-state index in [-0.39, 0.29) is 5.91 Å². The van der Waals surface area contributed by atoms with Gasteiger partial charge in [0.25, 0.3) is 0 Å². The number of nitrogens with zero attached hydrogens (tertiary/aromatic N) is 1. The molecule has 17 heavy (non-hydrogen) atoms. The molecule has 0 heterocycles. The fourth-order valence-electron chi connectivity index (χ4n) is 1.37. The van der Waals surface area contributed by atoms with Crippen molar-refractivity contribution in [2.45, 2.75) is 11.8 Å². The first-order valence-electron chi connectivity index (χ1n) is 5.72. The Labute approximate surface area is 108 Å². The average Bonchev–Trinajstić information content (AvgIpc) is 2.34. The number of nitrogens with one attached hydrogen (secondary N) is 1. The summed E-state index contributed by atoms with van der Waals surface area (Å²) in [6.07, 6.45) is 0. The van der Waals surface area contributed by atoms with E-state index in [2.05, 4.69) is 24.4 Å². The van der Waals surface area contributed by atoms with Gasteiger partial charge in [-0.2, -0.15) is 0 Å². The zero-order valence-electron chi connectivity index (χ0n) is 10.7. The Hall–Kier alpha value is -1.00. The molecule has 0 spiro atoms. The predicted octanol–water partition coefficient (Wildman–Crippen LogP) is 1.76. The van der Waals surface area contributed by atoms with Crippen molar-refractivity contribution in [1.82, 2.24) is 10.2 Å². The van der Waals surface area contributed by atoms with Gasteiger partial charge in [0.15, 0.2) is 0 Å². The van der Waals surface area contributed by atoms with Crippen molar-refractivity contribution in [2.75, 3.05) is 32.9 Å². The molecule has 0 aliphatic rings. The highest BCUT2D eigenvalue weighted by Gasteiger charge is 2.09. The van der Waals surface area contributed by atoms with E-state index in [9.17, 15) is 4.79 Å². The predicted molar refractivity (Wildman–Crippen MR) is 73.5 cm³/mol. The molecule has 0 fully saturated rings. The third-order valence-corrected chi connectivity index (χ3v) is 3.73. The highest BCUT2D eigenvalue weighted by atomic mass is 32.2. The van der Waals surface area contributed by atoms with Gasteiger partial charge in [-0.15, -0.1) is 11.8 Å². The summed E-state index contributed by atoms with van der Waals surface area (Å²) in [6.45, 7) is 3.65. The van der Waals surface area contributed by atoms with E-state index in [0.717, 1.165) is 13.1 Å². The Morgan fingerprint density at radius 2 is 2.12 bits per heavy atom. The molecule has 3 nitrogen and oxygen atoms in total. The molecule has 94 valence electrons. The molecule has 0 aliphatic heterocycles. The van der Waals surface area contributed by atoms with Gasteiger partial charge >= 0.3 is 0 Å². The molecule has 0 saturated carbocycles. The number of benzene rings is 1. The van der Waals surface area contributed by atoms with Crippen molar-refractivity contribution in [3.63, 3.8) is 0 Å². The second-order valence-corrected chi connectivity index (χ2v) is 4.99. The quantitative estimate of drug-likeness (QED) is 0.783. The molecule has 0 radical (unpaired) electrons. The second kappa shape index (κ2) is 7.35. The van der Waals surface area contributed by atoms with Crippen LogP contribution in [0.3, 0.4) is 0 Å². The van der Waals surface area contributed by atoms with Gasteiger partial charge < -0.3 is 10.2 Å². The van der Waals surface area contributed by atoms with Gasteiger partial charge in [-0.1, -0.05) is 18.2 Å². The number of hydrogen-bond donors (Lipinski definition) is 1. The van der Waals surface area contributed by atoms with E-state index >= 15 is 0 Å². The summed E-state index contributed by atoms with van der Waals surface area (Å²) in [5.41, 5.74) is 1.23. The molecule has 4 heteroatoms. The summed E-state index contributed by atoms with van der Waals surface area (Å²) in [5.74, 6) is 0.680. The smallest absolute Gasteiger partial charge is 0.232 e. The number of likely N-dealkylation sites (N-methyl/N-ethyl adjacent to an activating group) is 2. The number of rotatable bonds is 6. The topological polar surface area (TPSA) is 32.3 Å². The Morgan fingerprint density at radius 1 is 1.41 bits per heavy atom. The van der Waals surface area contributed by atoms with E-state index in [1.807, 2.05) is 26.2 Å². The van der Waals surface area contributed by atoms with Crippen molar-refractivity contribution < 1.29 is 4.79 Å². The van der Waals surface area contributed by atoms with Gasteiger partial charge in [-0.05, 0) is 25.6 Å². The first-order valence-corrected chi connectivity index (χ1v) is 6.70. The number of aryl methyl sites for hydroxylation is 1. The Morgan fingerprint density at radius 3 is 2.76 bits per heavy atom. The highest BCUT2D eigenvalue weighted by molar-refractivity contribution is 8.00. The molecule has 0 bridgehead atoms. The molecule has 1 aromatic rings. The van der Waals surface area contributed by atoms with Crippen LogP contribution < -0.4 is 5.32 Å². The van der Waals surface area contributed by atoms with Crippen LogP contribution in [0.4, 0.5) is 0 Å². The summed E-state index contributed by atoms with van der Waals surface area (Å²) in [5, 5.41) is 3.04. The largest absolute Gasteiger partial charge is 0.344 e. The van der Waals surface area contributed by atoms with E-state index in [4.69, 9.17) is 0 Å². The zero-order chi connectivity index (χ0) is 12.7. The fraction of sp³-hybridized carbons (Fsp3) is 0.462. The maximum Gasteiger partial charge on any atom is 0.232 e. The lowest BCUT2D eigenvalue weighted by atomic mass is 10.2. The molecule has 1 amide bonds. The minimum absolute atomic E-state index is 0.175. The monoisotopic (exact) mass is 252 g/mol. The van der Waals surface area contributed by atoms with Crippen LogP contribution in [0.15, 0.2) is 29.2 Å². The standard InChI is InChI=1S/C13H20N2OS/c1-11-6-4-5-7-12(11)17-10-13(16)15(3)9-8-14-2/h4-7,14H,8-10H2,1-3H3. The molecule has 0 aliphatic carbocycles. The van der Waals surface area contributed by atoms with Crippen LogP contribution in [0, 0.1) is 6.92 Å². The van der Waals surface area contributed by atoms with Crippen LogP contribution in [0.25, 0.3) is 0 Å². The summed E-state index contributed by atoms with van der Waals surface area (Å²) < 4.78 is 0. The van der Waals surface area contributed by atoms with Crippen molar-refractivity contribution in [3.05, 3.63) is 29.8 Å². The lowest BCUT2D eigenvalue weighted by Crippen LogP contribution is -2.33. The van der Waals surface area contributed by atoms with Crippen LogP contribution in [0.1, 0.15) is 5.56 Å². The number of thioether (sulfide) groups is 1. The summed E-state index contributed by atoms with van der Waals surface area (Å²) in [7, 11) is 3.73. The third-order valence-electron chi connectivity index (χ3n) is 2.57. The Kier molecular flexibility index (Phi) is 6.08. The van der Waals surface area contributed by atoms with Crippen LogP contribution >= 0.6 is 11.8 Å². The zero-order valence-corrected chi connectivity index (χ0v) is 11.5. The molecular weight excluding hydrogens is 232 g/mol. The molecule has 0 saturated heterocycles. The molecule has 1 aromatic carbocycles. The van der Waals surface area contributed by atoms with Gasteiger partial charge in [0, 0.05) is 25.0 Å².